The summed E-state index contributed by atoms with van der Waals surface area (Å²) >= 11 is 0. The fourth-order valence-electron chi connectivity index (χ4n) is 2.08. The molecule has 2 rings (SSSR count). The lowest BCUT2D eigenvalue weighted by Crippen LogP contribution is -2.37. The Kier molecular flexibility index (Phi) is 3.62. The average molecular weight is 222 g/mol. The van der Waals surface area contributed by atoms with Crippen molar-refractivity contribution in [2.45, 2.75) is 18.9 Å². The van der Waals surface area contributed by atoms with Crippen molar-refractivity contribution in [1.82, 2.24) is 4.98 Å². The van der Waals surface area contributed by atoms with Crippen LogP contribution in [0.25, 0.3) is 0 Å². The molecule has 1 aliphatic heterocycles. The van der Waals surface area contributed by atoms with Crippen molar-refractivity contribution in [3.63, 3.8) is 0 Å². The molecule has 0 N–H and O–H groups in total. The van der Waals surface area contributed by atoms with Crippen molar-refractivity contribution in [3.8, 4) is 5.75 Å². The Morgan fingerprint density at radius 3 is 2.69 bits per heavy atom. The average Bonchev–Trinajstić information content (AvgIpc) is 2.39. The zero-order valence-electron chi connectivity index (χ0n) is 9.85. The molecule has 0 saturated carbocycles. The first-order valence-electron chi connectivity index (χ1n) is 5.62. The molecular formula is C12H18N2O2. The number of aromatic nitrogens is 1. The van der Waals surface area contributed by atoms with Crippen LogP contribution in [0.1, 0.15) is 12.8 Å². The zero-order chi connectivity index (χ0) is 11.4. The van der Waals surface area contributed by atoms with Crippen LogP contribution in [-0.2, 0) is 4.74 Å². The van der Waals surface area contributed by atoms with Crippen molar-refractivity contribution >= 4 is 5.82 Å². The molecule has 0 amide bonds. The zero-order valence-corrected chi connectivity index (χ0v) is 9.85. The van der Waals surface area contributed by atoms with Crippen LogP contribution in [0.4, 0.5) is 5.82 Å². The topological polar surface area (TPSA) is 34.6 Å². The van der Waals surface area contributed by atoms with Crippen LogP contribution >= 0.6 is 0 Å². The van der Waals surface area contributed by atoms with E-state index in [2.05, 4.69) is 9.88 Å². The number of ether oxygens (including phenoxy) is 2. The summed E-state index contributed by atoms with van der Waals surface area (Å²) in [6, 6.07) is 3.84. The third kappa shape index (κ3) is 2.27. The van der Waals surface area contributed by atoms with Crippen LogP contribution in [0.2, 0.25) is 0 Å². The summed E-state index contributed by atoms with van der Waals surface area (Å²) < 4.78 is 10.7. The van der Waals surface area contributed by atoms with Gasteiger partial charge < -0.3 is 14.4 Å². The molecule has 0 spiro atoms. The molecule has 1 fully saturated rings. The molecule has 0 unspecified atom stereocenters. The van der Waals surface area contributed by atoms with Gasteiger partial charge in [0.2, 0.25) is 0 Å². The Hall–Kier alpha value is -1.29. The standard InChI is InChI=1S/C12H18N2O2/c1-15-10-5-8-14(9-6-10)12-11(16-2)4-3-7-13-12/h3-4,7,10H,5-6,8-9H2,1-2H3. The molecular weight excluding hydrogens is 204 g/mol. The van der Waals surface area contributed by atoms with Gasteiger partial charge in [0.25, 0.3) is 0 Å². The number of hydrogen-bond donors (Lipinski definition) is 0. The first-order valence-corrected chi connectivity index (χ1v) is 5.62. The normalized spacial score (nSPS) is 17.5. The highest BCUT2D eigenvalue weighted by Gasteiger charge is 2.21. The van der Waals surface area contributed by atoms with E-state index in [0.717, 1.165) is 37.5 Å². The molecule has 1 aromatic rings. The van der Waals surface area contributed by atoms with Crippen LogP contribution in [0.5, 0.6) is 5.75 Å². The van der Waals surface area contributed by atoms with E-state index < -0.39 is 0 Å². The van der Waals surface area contributed by atoms with Crippen molar-refractivity contribution in [2.24, 2.45) is 0 Å². The minimum absolute atomic E-state index is 0.394. The van der Waals surface area contributed by atoms with E-state index in [-0.39, 0.29) is 0 Å². The van der Waals surface area contributed by atoms with Crippen molar-refractivity contribution < 1.29 is 9.47 Å². The molecule has 4 nitrogen and oxygen atoms in total. The van der Waals surface area contributed by atoms with E-state index in [1.165, 1.54) is 0 Å². The molecule has 88 valence electrons. The second-order valence-electron chi connectivity index (χ2n) is 3.95. The Morgan fingerprint density at radius 1 is 1.31 bits per heavy atom. The molecule has 0 aromatic carbocycles. The van der Waals surface area contributed by atoms with Crippen LogP contribution in [-0.4, -0.2) is 38.4 Å². The molecule has 4 heteroatoms. The number of methoxy groups -OCH3 is 2. The van der Waals surface area contributed by atoms with Crippen LogP contribution < -0.4 is 9.64 Å². The lowest BCUT2D eigenvalue weighted by atomic mass is 10.1. The highest BCUT2D eigenvalue weighted by Crippen LogP contribution is 2.27. The fourth-order valence-corrected chi connectivity index (χ4v) is 2.08. The number of piperidine rings is 1. The van der Waals surface area contributed by atoms with Gasteiger partial charge >= 0.3 is 0 Å². The first-order chi connectivity index (χ1) is 7.85. The van der Waals surface area contributed by atoms with Crippen molar-refractivity contribution in [1.29, 1.82) is 0 Å². The van der Waals surface area contributed by atoms with Crippen LogP contribution in [0, 0.1) is 0 Å². The van der Waals surface area contributed by atoms with Gasteiger partial charge in [0.1, 0.15) is 0 Å². The second kappa shape index (κ2) is 5.16. The lowest BCUT2D eigenvalue weighted by molar-refractivity contribution is 0.0817. The molecule has 2 heterocycles. The lowest BCUT2D eigenvalue weighted by Gasteiger charge is -2.32. The number of pyridine rings is 1. The minimum atomic E-state index is 0.394. The quantitative estimate of drug-likeness (QED) is 0.779. The van der Waals surface area contributed by atoms with Gasteiger partial charge in [0.15, 0.2) is 11.6 Å². The van der Waals surface area contributed by atoms with Crippen molar-refractivity contribution in [3.05, 3.63) is 18.3 Å². The molecule has 0 atom stereocenters. The maximum absolute atomic E-state index is 5.35. The molecule has 0 bridgehead atoms. The number of rotatable bonds is 3. The predicted molar refractivity (Wildman–Crippen MR) is 63.0 cm³/mol. The van der Waals surface area contributed by atoms with E-state index in [0.29, 0.717) is 6.10 Å². The van der Waals surface area contributed by atoms with E-state index in [9.17, 15) is 0 Å². The molecule has 16 heavy (non-hydrogen) atoms. The largest absolute Gasteiger partial charge is 0.493 e. The van der Waals surface area contributed by atoms with Gasteiger partial charge in [-0.1, -0.05) is 0 Å². The summed E-state index contributed by atoms with van der Waals surface area (Å²) in [6.07, 6.45) is 4.30. The summed E-state index contributed by atoms with van der Waals surface area (Å²) in [5.74, 6) is 1.79. The maximum Gasteiger partial charge on any atom is 0.171 e. The molecule has 1 aliphatic rings. The van der Waals surface area contributed by atoms with Crippen molar-refractivity contribution in [2.75, 3.05) is 32.2 Å². The van der Waals surface area contributed by atoms with Gasteiger partial charge in [-0.05, 0) is 25.0 Å². The summed E-state index contributed by atoms with van der Waals surface area (Å²) in [7, 11) is 3.46. The van der Waals surface area contributed by atoms with Gasteiger partial charge in [-0.2, -0.15) is 0 Å². The Labute approximate surface area is 96.2 Å². The summed E-state index contributed by atoms with van der Waals surface area (Å²) in [5.41, 5.74) is 0. The molecule has 1 aromatic heterocycles. The number of anilines is 1. The van der Waals surface area contributed by atoms with E-state index >= 15 is 0 Å². The second-order valence-corrected chi connectivity index (χ2v) is 3.95. The predicted octanol–water partition coefficient (Wildman–Crippen LogP) is 1.71. The Bertz CT molecular complexity index is 336. The van der Waals surface area contributed by atoms with Crippen LogP contribution in [0.15, 0.2) is 18.3 Å². The SMILES string of the molecule is COc1cccnc1N1CCC(OC)CC1. The molecule has 1 saturated heterocycles. The highest BCUT2D eigenvalue weighted by molar-refractivity contribution is 5.52. The summed E-state index contributed by atoms with van der Waals surface area (Å²) in [6.45, 7) is 1.96. The van der Waals surface area contributed by atoms with Gasteiger partial charge in [-0.25, -0.2) is 4.98 Å². The summed E-state index contributed by atoms with van der Waals surface area (Å²) in [5, 5.41) is 0. The Balaban J connectivity index is 2.07. The van der Waals surface area contributed by atoms with Gasteiger partial charge in [0.05, 0.1) is 13.2 Å². The smallest absolute Gasteiger partial charge is 0.171 e. The Morgan fingerprint density at radius 2 is 2.06 bits per heavy atom. The van der Waals surface area contributed by atoms with E-state index in [1.54, 1.807) is 20.4 Å². The third-order valence-electron chi connectivity index (χ3n) is 3.05. The van der Waals surface area contributed by atoms with Gasteiger partial charge in [-0.3, -0.25) is 0 Å². The van der Waals surface area contributed by atoms with E-state index in [4.69, 9.17) is 9.47 Å². The molecule has 0 aliphatic carbocycles. The third-order valence-corrected chi connectivity index (χ3v) is 3.05. The van der Waals surface area contributed by atoms with E-state index in [1.807, 2.05) is 12.1 Å². The highest BCUT2D eigenvalue weighted by atomic mass is 16.5. The van der Waals surface area contributed by atoms with Gasteiger partial charge in [-0.15, -0.1) is 0 Å². The monoisotopic (exact) mass is 222 g/mol. The number of hydrogen-bond acceptors (Lipinski definition) is 4. The first kappa shape index (κ1) is 11.2. The fraction of sp³-hybridized carbons (Fsp3) is 0.583. The minimum Gasteiger partial charge on any atom is -0.493 e. The molecule has 0 radical (unpaired) electrons. The summed E-state index contributed by atoms with van der Waals surface area (Å²) in [4.78, 5) is 6.64. The number of nitrogens with zero attached hydrogens (tertiary/aromatic N) is 2. The maximum atomic E-state index is 5.35. The van der Waals surface area contributed by atoms with Gasteiger partial charge in [0, 0.05) is 26.4 Å². The van der Waals surface area contributed by atoms with Crippen LogP contribution in [0.3, 0.4) is 0 Å².